The lowest BCUT2D eigenvalue weighted by atomic mass is 9.83. The number of nitrogens with zero attached hydrogens (tertiary/aromatic N) is 1. The van der Waals surface area contributed by atoms with Gasteiger partial charge < -0.3 is 15.0 Å². The lowest BCUT2D eigenvalue weighted by Crippen LogP contribution is -2.17. The molecule has 2 rings (SSSR count). The van der Waals surface area contributed by atoms with Gasteiger partial charge in [0.25, 0.3) is 0 Å². The van der Waals surface area contributed by atoms with Crippen LogP contribution >= 0.6 is 0 Å². The van der Waals surface area contributed by atoms with E-state index in [0.29, 0.717) is 12.5 Å². The van der Waals surface area contributed by atoms with Gasteiger partial charge in [0, 0.05) is 5.41 Å². The zero-order valence-electron chi connectivity index (χ0n) is 12.6. The summed E-state index contributed by atoms with van der Waals surface area (Å²) in [6.07, 6.45) is 0.961. The molecule has 0 aliphatic rings. The fourth-order valence-corrected chi connectivity index (χ4v) is 2.10. The molecule has 0 saturated carbocycles. The van der Waals surface area contributed by atoms with Gasteiger partial charge in [-0.25, -0.2) is 0 Å². The van der Waals surface area contributed by atoms with Gasteiger partial charge in [-0.2, -0.15) is 0 Å². The van der Waals surface area contributed by atoms with E-state index in [4.69, 9.17) is 15.0 Å². The summed E-state index contributed by atoms with van der Waals surface area (Å²) in [5, 5.41) is 4.16. The fraction of sp³-hybridized carbons (Fsp3) is 0.438. The fourth-order valence-electron chi connectivity index (χ4n) is 2.10. The van der Waals surface area contributed by atoms with Gasteiger partial charge in [-0.1, -0.05) is 38.1 Å². The highest BCUT2D eigenvalue weighted by Crippen LogP contribution is 2.38. The number of ether oxygens (including phenoxy) is 1. The zero-order chi connectivity index (χ0) is 14.8. The maximum atomic E-state index is 5.96. The van der Waals surface area contributed by atoms with Crippen LogP contribution in [0.4, 0.5) is 5.88 Å². The molecule has 4 heteroatoms. The highest BCUT2D eigenvalue weighted by atomic mass is 16.5. The van der Waals surface area contributed by atoms with E-state index in [-0.39, 0.29) is 5.41 Å². The number of hydrogen-bond donors (Lipinski definition) is 1. The van der Waals surface area contributed by atoms with E-state index in [1.54, 1.807) is 0 Å². The molecule has 0 radical (unpaired) electrons. The molecule has 0 saturated heterocycles. The molecule has 0 fully saturated rings. The molecule has 2 N–H and O–H groups in total. The Balaban J connectivity index is 2.44. The first-order valence-electron chi connectivity index (χ1n) is 6.98. The van der Waals surface area contributed by atoms with Gasteiger partial charge in [0.05, 0.1) is 17.9 Å². The number of rotatable bonds is 5. The summed E-state index contributed by atoms with van der Waals surface area (Å²) in [5.41, 5.74) is 8.68. The van der Waals surface area contributed by atoms with Crippen LogP contribution in [0.1, 0.15) is 39.8 Å². The third-order valence-corrected chi connectivity index (χ3v) is 3.70. The van der Waals surface area contributed by atoms with Crippen LogP contribution in [0.25, 0.3) is 11.1 Å². The maximum Gasteiger partial charge on any atom is 0.230 e. The molecule has 1 aromatic heterocycles. The smallest absolute Gasteiger partial charge is 0.230 e. The first-order valence-corrected chi connectivity index (χ1v) is 6.98. The van der Waals surface area contributed by atoms with Crippen molar-refractivity contribution < 1.29 is 9.26 Å². The molecule has 20 heavy (non-hydrogen) atoms. The number of hydrogen-bond acceptors (Lipinski definition) is 4. The Hall–Kier alpha value is -1.97. The minimum absolute atomic E-state index is 0.0744. The normalized spacial score (nSPS) is 11.6. The second-order valence-electron chi connectivity index (χ2n) is 5.47. The lowest BCUT2D eigenvalue weighted by Gasteiger charge is -2.21. The van der Waals surface area contributed by atoms with Crippen LogP contribution in [-0.4, -0.2) is 11.8 Å². The van der Waals surface area contributed by atoms with Crippen molar-refractivity contribution in [1.82, 2.24) is 5.16 Å². The summed E-state index contributed by atoms with van der Waals surface area (Å²) in [6.45, 7) is 9.04. The predicted molar refractivity (Wildman–Crippen MR) is 80.8 cm³/mol. The van der Waals surface area contributed by atoms with Crippen LogP contribution in [0.2, 0.25) is 0 Å². The molecule has 0 atom stereocenters. The Morgan fingerprint density at radius 3 is 2.40 bits per heavy atom. The largest absolute Gasteiger partial charge is 0.494 e. The number of aromatic nitrogens is 1. The first-order chi connectivity index (χ1) is 9.49. The van der Waals surface area contributed by atoms with Crippen LogP contribution in [0.5, 0.6) is 5.75 Å². The summed E-state index contributed by atoms with van der Waals surface area (Å²) in [7, 11) is 0. The van der Waals surface area contributed by atoms with Crippen molar-refractivity contribution >= 4 is 5.88 Å². The summed E-state index contributed by atoms with van der Waals surface area (Å²) in [4.78, 5) is 0. The van der Waals surface area contributed by atoms with Crippen molar-refractivity contribution in [2.24, 2.45) is 0 Å². The van der Waals surface area contributed by atoms with Crippen LogP contribution in [0.3, 0.4) is 0 Å². The van der Waals surface area contributed by atoms with E-state index in [9.17, 15) is 0 Å². The Morgan fingerprint density at radius 1 is 1.20 bits per heavy atom. The second kappa shape index (κ2) is 5.57. The summed E-state index contributed by atoms with van der Waals surface area (Å²) in [5.74, 6) is 1.22. The third-order valence-electron chi connectivity index (χ3n) is 3.70. The molecule has 0 spiro atoms. The average molecular weight is 274 g/mol. The molecule has 2 aromatic rings. The molecular formula is C16H22N2O2. The monoisotopic (exact) mass is 274 g/mol. The van der Waals surface area contributed by atoms with Gasteiger partial charge in [-0.3, -0.25) is 0 Å². The van der Waals surface area contributed by atoms with E-state index in [2.05, 4.69) is 25.9 Å². The Labute approximate surface area is 119 Å². The minimum atomic E-state index is -0.0744. The third kappa shape index (κ3) is 2.64. The highest BCUT2D eigenvalue weighted by Gasteiger charge is 2.28. The Bertz CT molecular complexity index is 571. The molecule has 0 unspecified atom stereocenters. The van der Waals surface area contributed by atoms with Gasteiger partial charge in [0.1, 0.15) is 5.75 Å². The molecule has 0 aliphatic heterocycles. The SMILES string of the molecule is CCOc1ccc(-c2c(C(C)(C)CC)noc2N)cc1. The number of nitrogen functional groups attached to an aromatic ring is 1. The second-order valence-corrected chi connectivity index (χ2v) is 5.47. The molecule has 108 valence electrons. The summed E-state index contributed by atoms with van der Waals surface area (Å²) < 4.78 is 10.7. The van der Waals surface area contributed by atoms with Crippen LogP contribution in [0, 0.1) is 0 Å². The van der Waals surface area contributed by atoms with Crippen molar-refractivity contribution in [3.05, 3.63) is 30.0 Å². The molecule has 4 nitrogen and oxygen atoms in total. The molecule has 0 amide bonds. The highest BCUT2D eigenvalue weighted by molar-refractivity contribution is 5.76. The topological polar surface area (TPSA) is 61.3 Å². The number of nitrogens with two attached hydrogens (primary N) is 1. The minimum Gasteiger partial charge on any atom is -0.494 e. The van der Waals surface area contributed by atoms with Crippen molar-refractivity contribution in [3.63, 3.8) is 0 Å². The summed E-state index contributed by atoms with van der Waals surface area (Å²) >= 11 is 0. The van der Waals surface area contributed by atoms with E-state index in [1.807, 2.05) is 31.2 Å². The van der Waals surface area contributed by atoms with Crippen molar-refractivity contribution in [2.45, 2.75) is 39.5 Å². The summed E-state index contributed by atoms with van der Waals surface area (Å²) in [6, 6.07) is 7.86. The van der Waals surface area contributed by atoms with Gasteiger partial charge >= 0.3 is 0 Å². The van der Waals surface area contributed by atoms with Crippen molar-refractivity contribution in [2.75, 3.05) is 12.3 Å². The van der Waals surface area contributed by atoms with E-state index in [0.717, 1.165) is 29.0 Å². The van der Waals surface area contributed by atoms with E-state index >= 15 is 0 Å². The molecular weight excluding hydrogens is 252 g/mol. The molecule has 1 heterocycles. The van der Waals surface area contributed by atoms with Crippen LogP contribution in [0.15, 0.2) is 28.8 Å². The van der Waals surface area contributed by atoms with E-state index in [1.165, 1.54) is 0 Å². The number of benzene rings is 1. The molecule has 0 bridgehead atoms. The van der Waals surface area contributed by atoms with E-state index < -0.39 is 0 Å². The Morgan fingerprint density at radius 2 is 1.85 bits per heavy atom. The van der Waals surface area contributed by atoms with Gasteiger partial charge in [0.15, 0.2) is 0 Å². The standard InChI is InChI=1S/C16H22N2O2/c1-5-16(3,4)14-13(15(17)20-18-14)11-7-9-12(10-8-11)19-6-2/h7-10H,5-6,17H2,1-4H3. The lowest BCUT2D eigenvalue weighted by molar-refractivity contribution is 0.340. The number of anilines is 1. The van der Waals surface area contributed by atoms with Crippen LogP contribution in [-0.2, 0) is 5.41 Å². The average Bonchev–Trinajstić information content (AvgIpc) is 2.83. The van der Waals surface area contributed by atoms with Crippen molar-refractivity contribution in [3.8, 4) is 16.9 Å². The van der Waals surface area contributed by atoms with Gasteiger partial charge in [0.2, 0.25) is 5.88 Å². The molecule has 0 aliphatic carbocycles. The van der Waals surface area contributed by atoms with Crippen LogP contribution < -0.4 is 10.5 Å². The first kappa shape index (κ1) is 14.4. The van der Waals surface area contributed by atoms with Crippen molar-refractivity contribution in [1.29, 1.82) is 0 Å². The predicted octanol–water partition coefficient (Wildman–Crippen LogP) is 4.01. The Kier molecular flexibility index (Phi) is 4.02. The van der Waals surface area contributed by atoms with Gasteiger partial charge in [-0.05, 0) is 31.0 Å². The van der Waals surface area contributed by atoms with Gasteiger partial charge in [-0.15, -0.1) is 0 Å². The molecule has 1 aromatic carbocycles. The zero-order valence-corrected chi connectivity index (χ0v) is 12.6. The quantitative estimate of drug-likeness (QED) is 0.894. The maximum absolute atomic E-state index is 5.96.